The van der Waals surface area contributed by atoms with Crippen LogP contribution in [0.1, 0.15) is 54.2 Å². The number of carbonyl (C=O) groups excluding carboxylic acids is 1. The molecule has 0 bridgehead atoms. The van der Waals surface area contributed by atoms with Crippen LogP contribution in [-0.2, 0) is 22.4 Å². The van der Waals surface area contributed by atoms with E-state index in [1.165, 1.54) is 13.2 Å². The Morgan fingerprint density at radius 1 is 1.10 bits per heavy atom. The van der Waals surface area contributed by atoms with Crippen molar-refractivity contribution in [3.8, 4) is 22.6 Å². The highest BCUT2D eigenvalue weighted by Crippen LogP contribution is 2.44. The quantitative estimate of drug-likeness (QED) is 0.252. The molecule has 39 heavy (non-hydrogen) atoms. The van der Waals surface area contributed by atoms with Gasteiger partial charge in [-0.1, -0.05) is 6.07 Å². The van der Waals surface area contributed by atoms with Crippen LogP contribution in [0.3, 0.4) is 0 Å². The van der Waals surface area contributed by atoms with Gasteiger partial charge in [0.1, 0.15) is 35.6 Å². The fourth-order valence-electron chi connectivity index (χ4n) is 5.38. The summed E-state index contributed by atoms with van der Waals surface area (Å²) in [6, 6.07) is 12.7. The van der Waals surface area contributed by atoms with Gasteiger partial charge in [-0.3, -0.25) is 4.79 Å². The Balaban J connectivity index is 1.42. The number of halogens is 1. The van der Waals surface area contributed by atoms with E-state index < -0.39 is 11.7 Å². The second-order valence-corrected chi connectivity index (χ2v) is 10.8. The lowest BCUT2D eigenvalue weighted by Gasteiger charge is -2.21. The first-order chi connectivity index (χ1) is 18.5. The molecule has 0 aliphatic heterocycles. The highest BCUT2D eigenvalue weighted by atomic mass is 19.1. The molecule has 6 nitrogen and oxygen atoms in total. The molecule has 0 radical (unpaired) electrons. The fraction of sp³-hybridized carbons (Fsp3) is 0.344. The summed E-state index contributed by atoms with van der Waals surface area (Å²) in [5.41, 5.74) is 6.03. The van der Waals surface area contributed by atoms with Gasteiger partial charge >= 0.3 is 5.97 Å². The molecule has 1 aliphatic carbocycles. The maximum Gasteiger partial charge on any atom is 0.310 e. The Morgan fingerprint density at radius 3 is 2.54 bits per heavy atom. The zero-order valence-electron chi connectivity index (χ0n) is 22.9. The molecule has 4 aromatic rings. The molecule has 1 aliphatic rings. The number of rotatable bonds is 8. The second-order valence-electron chi connectivity index (χ2n) is 10.8. The van der Waals surface area contributed by atoms with E-state index in [-0.39, 0.29) is 24.8 Å². The Kier molecular flexibility index (Phi) is 7.12. The third kappa shape index (κ3) is 5.50. The van der Waals surface area contributed by atoms with Crippen molar-refractivity contribution in [3.05, 3.63) is 82.4 Å². The van der Waals surface area contributed by atoms with Crippen molar-refractivity contribution in [1.29, 1.82) is 0 Å². The van der Waals surface area contributed by atoms with Crippen LogP contribution in [0.25, 0.3) is 22.1 Å². The summed E-state index contributed by atoms with van der Waals surface area (Å²) in [5.74, 6) is 0.647. The molecule has 3 aromatic carbocycles. The largest absolute Gasteiger partial charge is 0.491 e. The number of ether oxygens (including phenoxy) is 3. The van der Waals surface area contributed by atoms with E-state index in [1.807, 2.05) is 44.2 Å². The minimum Gasteiger partial charge on any atom is -0.491 e. The molecule has 0 amide bonds. The maximum absolute atomic E-state index is 15.2. The standard InChI is InChI=1S/C32H33FO6/c1-18-12-22(38-17-32(3,4)35)13-19(2)30(18)24-8-10-26(33)31-25(24)9-11-27(31)39-21-6-7-23-20(14-29(34)36-5)16-37-28(23)15-21/h6-8,10,12-13,15-16,27,35H,9,11,14,17H2,1-5H3/t27-/m1/s1. The SMILES string of the molecule is COC(=O)Cc1coc2cc(O[C@@H]3CCc4c(-c5c(C)cc(OCC(C)(C)O)cc5C)ccc(F)c43)ccc12. The van der Waals surface area contributed by atoms with Gasteiger partial charge in [-0.2, -0.15) is 0 Å². The van der Waals surface area contributed by atoms with E-state index in [0.29, 0.717) is 35.5 Å². The normalized spacial score (nSPS) is 14.9. The molecular formula is C32H33FO6. The molecule has 5 rings (SSSR count). The first kappa shape index (κ1) is 26.8. The Hall–Kier alpha value is -3.84. The number of esters is 1. The number of hydrogen-bond donors (Lipinski definition) is 1. The Morgan fingerprint density at radius 2 is 1.85 bits per heavy atom. The summed E-state index contributed by atoms with van der Waals surface area (Å²) in [6.07, 6.45) is 2.58. The summed E-state index contributed by atoms with van der Waals surface area (Å²) in [7, 11) is 1.35. The second kappa shape index (κ2) is 10.4. The van der Waals surface area contributed by atoms with Crippen molar-refractivity contribution in [3.63, 3.8) is 0 Å². The molecule has 1 heterocycles. The number of methoxy groups -OCH3 is 1. The Bertz CT molecular complexity index is 1520. The van der Waals surface area contributed by atoms with Gasteiger partial charge in [0, 0.05) is 22.6 Å². The lowest BCUT2D eigenvalue weighted by molar-refractivity contribution is -0.139. The van der Waals surface area contributed by atoms with Crippen LogP contribution in [-0.4, -0.2) is 30.4 Å². The van der Waals surface area contributed by atoms with Crippen LogP contribution in [0.5, 0.6) is 11.5 Å². The van der Waals surface area contributed by atoms with E-state index >= 15 is 4.39 Å². The van der Waals surface area contributed by atoms with Gasteiger partial charge in [0.2, 0.25) is 0 Å². The van der Waals surface area contributed by atoms with Gasteiger partial charge in [-0.15, -0.1) is 0 Å². The molecule has 1 aromatic heterocycles. The third-order valence-corrected chi connectivity index (χ3v) is 7.12. The number of fused-ring (bicyclic) bond motifs is 2. The van der Waals surface area contributed by atoms with Crippen molar-refractivity contribution in [2.75, 3.05) is 13.7 Å². The van der Waals surface area contributed by atoms with Crippen LogP contribution in [0.4, 0.5) is 4.39 Å². The van der Waals surface area contributed by atoms with Crippen LogP contribution in [0.15, 0.2) is 53.1 Å². The molecule has 0 fully saturated rings. The van der Waals surface area contributed by atoms with Crippen molar-refractivity contribution >= 4 is 16.9 Å². The number of furan rings is 1. The summed E-state index contributed by atoms with van der Waals surface area (Å²) in [4.78, 5) is 11.7. The van der Waals surface area contributed by atoms with Gasteiger partial charge in [-0.05, 0) is 98.7 Å². The first-order valence-corrected chi connectivity index (χ1v) is 13.1. The lowest BCUT2D eigenvalue weighted by atomic mass is 9.90. The predicted octanol–water partition coefficient (Wildman–Crippen LogP) is 6.79. The molecule has 204 valence electrons. The van der Waals surface area contributed by atoms with Crippen molar-refractivity contribution < 1.29 is 32.9 Å². The minimum atomic E-state index is -0.930. The number of aliphatic hydroxyl groups is 1. The summed E-state index contributed by atoms with van der Waals surface area (Å²) in [5, 5.41) is 10.8. The molecule has 7 heteroatoms. The van der Waals surface area contributed by atoms with E-state index in [0.717, 1.165) is 38.8 Å². The monoisotopic (exact) mass is 532 g/mol. The molecule has 0 unspecified atom stereocenters. The molecule has 1 N–H and O–H groups in total. The number of carbonyl (C=O) groups is 1. The fourth-order valence-corrected chi connectivity index (χ4v) is 5.38. The number of benzene rings is 3. The topological polar surface area (TPSA) is 78.1 Å². The van der Waals surface area contributed by atoms with Gasteiger partial charge in [0.15, 0.2) is 0 Å². The van der Waals surface area contributed by atoms with Gasteiger partial charge in [0.25, 0.3) is 0 Å². The summed E-state index contributed by atoms with van der Waals surface area (Å²) < 4.78 is 37.8. The third-order valence-electron chi connectivity index (χ3n) is 7.12. The van der Waals surface area contributed by atoms with Gasteiger partial charge in [-0.25, -0.2) is 4.39 Å². The van der Waals surface area contributed by atoms with Crippen molar-refractivity contribution in [2.24, 2.45) is 0 Å². The predicted molar refractivity (Wildman–Crippen MR) is 147 cm³/mol. The molecule has 1 atom stereocenters. The molecule has 0 saturated carbocycles. The first-order valence-electron chi connectivity index (χ1n) is 13.1. The van der Waals surface area contributed by atoms with Crippen LogP contribution >= 0.6 is 0 Å². The molecular weight excluding hydrogens is 499 g/mol. The smallest absolute Gasteiger partial charge is 0.310 e. The average Bonchev–Trinajstić information content (AvgIpc) is 3.48. The molecule has 0 saturated heterocycles. The zero-order chi connectivity index (χ0) is 27.9. The van der Waals surface area contributed by atoms with Gasteiger partial charge < -0.3 is 23.7 Å². The highest BCUT2D eigenvalue weighted by molar-refractivity contribution is 5.86. The molecule has 0 spiro atoms. The number of hydrogen-bond acceptors (Lipinski definition) is 6. The van der Waals surface area contributed by atoms with E-state index in [4.69, 9.17) is 18.6 Å². The van der Waals surface area contributed by atoms with Crippen molar-refractivity contribution in [1.82, 2.24) is 0 Å². The zero-order valence-corrected chi connectivity index (χ0v) is 22.9. The minimum absolute atomic E-state index is 0.124. The van der Waals surface area contributed by atoms with E-state index in [2.05, 4.69) is 0 Å². The maximum atomic E-state index is 15.2. The van der Waals surface area contributed by atoms with Crippen LogP contribution in [0.2, 0.25) is 0 Å². The Labute approximate surface area is 227 Å². The van der Waals surface area contributed by atoms with Gasteiger partial charge in [0.05, 0.1) is 25.4 Å². The summed E-state index contributed by atoms with van der Waals surface area (Å²) in [6.45, 7) is 7.63. The van der Waals surface area contributed by atoms with Crippen LogP contribution in [0, 0.1) is 19.7 Å². The van der Waals surface area contributed by atoms with E-state index in [1.54, 1.807) is 26.2 Å². The van der Waals surface area contributed by atoms with E-state index in [9.17, 15) is 9.90 Å². The highest BCUT2D eigenvalue weighted by Gasteiger charge is 2.31. The lowest BCUT2D eigenvalue weighted by Crippen LogP contribution is -2.27. The van der Waals surface area contributed by atoms with Crippen molar-refractivity contribution in [2.45, 2.75) is 58.7 Å². The number of aryl methyl sites for hydroxylation is 2. The summed E-state index contributed by atoms with van der Waals surface area (Å²) >= 11 is 0. The van der Waals surface area contributed by atoms with Crippen LogP contribution < -0.4 is 9.47 Å². The average molecular weight is 533 g/mol.